The lowest BCUT2D eigenvalue weighted by Gasteiger charge is -2.21. The van der Waals surface area contributed by atoms with Crippen molar-refractivity contribution in [3.8, 4) is 11.5 Å². The Labute approximate surface area is 155 Å². The number of carbonyl (C=O) groups is 1. The zero-order valence-corrected chi connectivity index (χ0v) is 15.4. The topological polar surface area (TPSA) is 64.8 Å². The van der Waals surface area contributed by atoms with Crippen molar-refractivity contribution in [3.63, 3.8) is 0 Å². The van der Waals surface area contributed by atoms with Crippen LogP contribution in [-0.2, 0) is 11.2 Å². The molecule has 2 rings (SSSR count). The Bertz CT molecular complexity index is 635. The molecule has 0 heterocycles. The molecular weight excluding hydrogens is 340 g/mol. The van der Waals surface area contributed by atoms with E-state index >= 15 is 0 Å². The summed E-state index contributed by atoms with van der Waals surface area (Å²) in [6.45, 7) is 0.889. The van der Waals surface area contributed by atoms with Crippen LogP contribution in [0, 0.1) is 0 Å². The number of hydrogen-bond acceptors (Lipinski definition) is 4. The highest BCUT2D eigenvalue weighted by Crippen LogP contribution is 2.16. The Hall–Kier alpha value is -2.24. The van der Waals surface area contributed by atoms with Crippen molar-refractivity contribution in [2.45, 2.75) is 12.5 Å². The Kier molecular flexibility index (Phi) is 8.81. The highest BCUT2D eigenvalue weighted by atomic mass is 35.5. The summed E-state index contributed by atoms with van der Waals surface area (Å²) in [7, 11) is 3.36. The van der Waals surface area contributed by atoms with E-state index in [1.807, 2.05) is 54.6 Å². The molecule has 0 fully saturated rings. The van der Waals surface area contributed by atoms with Crippen LogP contribution in [0.2, 0.25) is 0 Å². The van der Waals surface area contributed by atoms with Crippen molar-refractivity contribution in [2.75, 3.05) is 27.3 Å². The van der Waals surface area contributed by atoms with E-state index in [4.69, 9.17) is 15.2 Å². The summed E-state index contributed by atoms with van der Waals surface area (Å²) in [6.07, 6.45) is 0.531. The normalized spacial score (nSPS) is 11.2. The second-order valence-electron chi connectivity index (χ2n) is 5.58. The van der Waals surface area contributed by atoms with Crippen molar-refractivity contribution in [3.05, 3.63) is 60.2 Å². The molecule has 2 aromatic carbocycles. The quantitative estimate of drug-likeness (QED) is 0.781. The number of nitrogens with zero attached hydrogens (tertiary/aromatic N) is 1. The smallest absolute Gasteiger partial charge is 0.239 e. The monoisotopic (exact) mass is 364 g/mol. The minimum absolute atomic E-state index is 0. The van der Waals surface area contributed by atoms with Crippen LogP contribution in [0.4, 0.5) is 0 Å². The molecule has 0 bridgehead atoms. The molecule has 25 heavy (non-hydrogen) atoms. The van der Waals surface area contributed by atoms with Crippen molar-refractivity contribution in [1.29, 1.82) is 0 Å². The van der Waals surface area contributed by atoms with Gasteiger partial charge < -0.3 is 20.1 Å². The fourth-order valence-electron chi connectivity index (χ4n) is 2.32. The lowest BCUT2D eigenvalue weighted by molar-refractivity contribution is -0.131. The van der Waals surface area contributed by atoms with Crippen LogP contribution < -0.4 is 15.2 Å². The van der Waals surface area contributed by atoms with Gasteiger partial charge in [-0.25, -0.2) is 0 Å². The Morgan fingerprint density at radius 1 is 1.08 bits per heavy atom. The average molecular weight is 365 g/mol. The summed E-state index contributed by atoms with van der Waals surface area (Å²) >= 11 is 0. The van der Waals surface area contributed by atoms with Gasteiger partial charge >= 0.3 is 0 Å². The molecule has 1 unspecified atom stereocenters. The molecule has 0 radical (unpaired) electrons. The highest BCUT2D eigenvalue weighted by Gasteiger charge is 2.18. The van der Waals surface area contributed by atoms with Gasteiger partial charge in [-0.2, -0.15) is 0 Å². The largest absolute Gasteiger partial charge is 0.497 e. The Balaban J connectivity index is 0.00000312. The molecule has 0 saturated carbocycles. The number of carbonyl (C=O) groups excluding carboxylic acids is 1. The molecule has 0 aliphatic rings. The van der Waals surface area contributed by atoms with Gasteiger partial charge in [0.05, 0.1) is 19.7 Å². The molecule has 1 atom stereocenters. The van der Waals surface area contributed by atoms with Gasteiger partial charge in [0.25, 0.3) is 0 Å². The molecule has 136 valence electrons. The van der Waals surface area contributed by atoms with E-state index in [1.165, 1.54) is 0 Å². The zero-order chi connectivity index (χ0) is 17.4. The minimum atomic E-state index is -0.543. The summed E-state index contributed by atoms with van der Waals surface area (Å²) in [5.41, 5.74) is 7.08. The molecular formula is C19H25ClN2O3. The van der Waals surface area contributed by atoms with Crippen molar-refractivity contribution in [1.82, 2.24) is 4.90 Å². The third-order valence-electron chi connectivity index (χ3n) is 3.75. The number of likely N-dealkylation sites (N-methyl/N-ethyl adjacent to an activating group) is 1. The van der Waals surface area contributed by atoms with E-state index in [9.17, 15) is 4.79 Å². The number of ether oxygens (including phenoxy) is 2. The molecule has 0 spiro atoms. The summed E-state index contributed by atoms with van der Waals surface area (Å²) in [6, 6.07) is 16.6. The van der Waals surface area contributed by atoms with Crippen molar-refractivity contribution >= 4 is 18.3 Å². The van der Waals surface area contributed by atoms with E-state index in [2.05, 4.69) is 0 Å². The van der Waals surface area contributed by atoms with E-state index in [0.29, 0.717) is 19.6 Å². The van der Waals surface area contributed by atoms with Gasteiger partial charge in [-0.05, 0) is 36.2 Å². The van der Waals surface area contributed by atoms with E-state index in [0.717, 1.165) is 17.1 Å². The van der Waals surface area contributed by atoms with Gasteiger partial charge in [0.15, 0.2) is 0 Å². The number of rotatable bonds is 8. The molecule has 1 amide bonds. The first-order valence-corrected chi connectivity index (χ1v) is 7.91. The summed E-state index contributed by atoms with van der Waals surface area (Å²) < 4.78 is 10.7. The third-order valence-corrected chi connectivity index (χ3v) is 3.75. The van der Waals surface area contributed by atoms with Crippen LogP contribution >= 0.6 is 12.4 Å². The first kappa shape index (κ1) is 20.8. The second kappa shape index (κ2) is 10.6. The fraction of sp³-hybridized carbons (Fsp3) is 0.316. The Morgan fingerprint density at radius 2 is 1.68 bits per heavy atom. The molecule has 2 aromatic rings. The van der Waals surface area contributed by atoms with Gasteiger partial charge in [0.2, 0.25) is 5.91 Å². The zero-order valence-electron chi connectivity index (χ0n) is 14.6. The van der Waals surface area contributed by atoms with Crippen LogP contribution in [0.1, 0.15) is 5.56 Å². The highest BCUT2D eigenvalue weighted by molar-refractivity contribution is 5.85. The van der Waals surface area contributed by atoms with E-state index in [-0.39, 0.29) is 18.3 Å². The number of nitrogens with two attached hydrogens (primary N) is 1. The maximum atomic E-state index is 12.3. The van der Waals surface area contributed by atoms with Gasteiger partial charge in [0.1, 0.15) is 18.1 Å². The lowest BCUT2D eigenvalue weighted by Crippen LogP contribution is -2.44. The standard InChI is InChI=1S/C19H24N2O3.ClH/c1-21(12-13-24-17-10-8-16(23-2)9-11-17)19(22)18(20)14-15-6-4-3-5-7-15;/h3-11,18H,12-14,20H2,1-2H3;1H. The predicted molar refractivity (Wildman–Crippen MR) is 101 cm³/mol. The number of halogens is 1. The van der Waals surface area contributed by atoms with Gasteiger partial charge in [-0.1, -0.05) is 30.3 Å². The van der Waals surface area contributed by atoms with Crippen LogP contribution in [0.3, 0.4) is 0 Å². The summed E-state index contributed by atoms with van der Waals surface area (Å²) in [5.74, 6) is 1.43. The molecule has 6 heteroatoms. The number of amides is 1. The molecule has 5 nitrogen and oxygen atoms in total. The Morgan fingerprint density at radius 3 is 2.28 bits per heavy atom. The van der Waals surface area contributed by atoms with Gasteiger partial charge in [-0.15, -0.1) is 12.4 Å². The lowest BCUT2D eigenvalue weighted by atomic mass is 10.1. The van der Waals surface area contributed by atoms with Crippen LogP contribution in [0.15, 0.2) is 54.6 Å². The molecule has 0 saturated heterocycles. The predicted octanol–water partition coefficient (Wildman–Crippen LogP) is 2.52. The average Bonchev–Trinajstić information content (AvgIpc) is 2.62. The SMILES string of the molecule is COc1ccc(OCCN(C)C(=O)C(N)Cc2ccccc2)cc1.Cl. The van der Waals surface area contributed by atoms with Crippen molar-refractivity contribution < 1.29 is 14.3 Å². The summed E-state index contributed by atoms with van der Waals surface area (Å²) in [4.78, 5) is 13.9. The van der Waals surface area contributed by atoms with E-state index < -0.39 is 6.04 Å². The fourth-order valence-corrected chi connectivity index (χ4v) is 2.32. The number of benzene rings is 2. The minimum Gasteiger partial charge on any atom is -0.497 e. The van der Waals surface area contributed by atoms with E-state index in [1.54, 1.807) is 19.1 Å². The first-order chi connectivity index (χ1) is 11.6. The van der Waals surface area contributed by atoms with Crippen LogP contribution in [0.5, 0.6) is 11.5 Å². The maximum Gasteiger partial charge on any atom is 0.239 e. The maximum absolute atomic E-state index is 12.3. The van der Waals surface area contributed by atoms with Crippen LogP contribution in [0.25, 0.3) is 0 Å². The molecule has 0 aliphatic heterocycles. The third kappa shape index (κ3) is 6.64. The first-order valence-electron chi connectivity index (χ1n) is 7.91. The molecule has 0 aromatic heterocycles. The van der Waals surface area contributed by atoms with Crippen molar-refractivity contribution in [2.24, 2.45) is 5.73 Å². The molecule has 2 N–H and O–H groups in total. The van der Waals surface area contributed by atoms with Gasteiger partial charge in [0, 0.05) is 7.05 Å². The molecule has 0 aliphatic carbocycles. The van der Waals surface area contributed by atoms with Crippen LogP contribution in [-0.4, -0.2) is 44.2 Å². The van der Waals surface area contributed by atoms with Gasteiger partial charge in [-0.3, -0.25) is 4.79 Å². The summed E-state index contributed by atoms with van der Waals surface area (Å²) in [5, 5.41) is 0. The number of hydrogen-bond donors (Lipinski definition) is 1. The number of methoxy groups -OCH3 is 1. The second-order valence-corrected chi connectivity index (χ2v) is 5.58.